The maximum absolute atomic E-state index is 12.7. The molecule has 4 atom stereocenters. The molecular formula is C25H35N3O3. The van der Waals surface area contributed by atoms with Gasteiger partial charge in [0.1, 0.15) is 5.69 Å². The van der Waals surface area contributed by atoms with E-state index in [0.717, 1.165) is 24.7 Å². The molecule has 1 amide bonds. The number of piperidine rings is 2. The number of fused-ring (bicyclic) bond motifs is 4. The zero-order chi connectivity index (χ0) is 21.5. The minimum atomic E-state index is -0.359. The van der Waals surface area contributed by atoms with Crippen LogP contribution in [0, 0.1) is 22.0 Å². The summed E-state index contributed by atoms with van der Waals surface area (Å²) in [6.07, 6.45) is 13.9. The van der Waals surface area contributed by atoms with Gasteiger partial charge in [-0.15, -0.1) is 0 Å². The molecule has 0 spiro atoms. The van der Waals surface area contributed by atoms with E-state index in [1.54, 1.807) is 30.0 Å². The molecule has 168 valence electrons. The lowest BCUT2D eigenvalue weighted by atomic mass is 9.68. The van der Waals surface area contributed by atoms with E-state index < -0.39 is 0 Å². The first-order chi connectivity index (χ1) is 15.0. The van der Waals surface area contributed by atoms with E-state index in [2.05, 4.69) is 4.90 Å². The first-order valence-electron chi connectivity index (χ1n) is 12.3. The first-order valence-corrected chi connectivity index (χ1v) is 12.3. The van der Waals surface area contributed by atoms with Crippen LogP contribution in [-0.2, 0) is 4.79 Å². The number of amides is 1. The van der Waals surface area contributed by atoms with Gasteiger partial charge in [-0.25, -0.2) is 0 Å². The lowest BCUT2D eigenvalue weighted by molar-refractivity contribution is -0.384. The van der Waals surface area contributed by atoms with E-state index in [1.165, 1.54) is 63.9 Å². The third-order valence-electron chi connectivity index (χ3n) is 8.57. The number of nitro groups is 1. The summed E-state index contributed by atoms with van der Waals surface area (Å²) in [6.45, 7) is 1.56. The molecule has 1 aromatic rings. The van der Waals surface area contributed by atoms with Crippen molar-refractivity contribution in [3.8, 4) is 0 Å². The van der Waals surface area contributed by atoms with Crippen LogP contribution < -0.4 is 4.90 Å². The molecule has 2 heterocycles. The molecular weight excluding hydrogens is 390 g/mol. The Hall–Kier alpha value is -1.95. The maximum Gasteiger partial charge on any atom is 0.292 e. The quantitative estimate of drug-likeness (QED) is 0.485. The van der Waals surface area contributed by atoms with Gasteiger partial charge in [-0.3, -0.25) is 19.8 Å². The monoisotopic (exact) mass is 425 g/mol. The summed E-state index contributed by atoms with van der Waals surface area (Å²) in [5.74, 6) is 1.74. The molecule has 1 aromatic carbocycles. The Morgan fingerprint density at radius 2 is 1.55 bits per heavy atom. The van der Waals surface area contributed by atoms with Gasteiger partial charge >= 0.3 is 0 Å². The number of anilines is 1. The van der Waals surface area contributed by atoms with Crippen molar-refractivity contribution >= 4 is 17.3 Å². The van der Waals surface area contributed by atoms with Crippen LogP contribution >= 0.6 is 0 Å². The molecule has 2 aliphatic carbocycles. The lowest BCUT2D eigenvalue weighted by Gasteiger charge is -2.56. The van der Waals surface area contributed by atoms with Crippen LogP contribution in [-0.4, -0.2) is 39.9 Å². The van der Waals surface area contributed by atoms with Crippen LogP contribution in [0.4, 0.5) is 11.4 Å². The second-order valence-corrected chi connectivity index (χ2v) is 10.5. The van der Waals surface area contributed by atoms with Gasteiger partial charge in [-0.05, 0) is 62.8 Å². The van der Waals surface area contributed by atoms with Crippen LogP contribution in [0.3, 0.4) is 0 Å². The predicted octanol–water partition coefficient (Wildman–Crippen LogP) is 5.30. The smallest absolute Gasteiger partial charge is 0.292 e. The van der Waals surface area contributed by atoms with E-state index in [4.69, 9.17) is 0 Å². The summed E-state index contributed by atoms with van der Waals surface area (Å²) < 4.78 is 0. The number of para-hydroxylation sites is 2. The fraction of sp³-hybridized carbons (Fsp3) is 0.720. The summed E-state index contributed by atoms with van der Waals surface area (Å²) in [6, 6.07) is 8.50. The highest BCUT2D eigenvalue weighted by Gasteiger charge is 2.46. The highest BCUT2D eigenvalue weighted by Crippen LogP contribution is 2.47. The molecule has 4 unspecified atom stereocenters. The average Bonchev–Trinajstić information content (AvgIpc) is 2.73. The normalized spacial score (nSPS) is 35.4. The van der Waals surface area contributed by atoms with Crippen molar-refractivity contribution in [2.75, 3.05) is 4.90 Å². The van der Waals surface area contributed by atoms with E-state index in [1.807, 2.05) is 0 Å². The summed E-state index contributed by atoms with van der Waals surface area (Å²) in [5, 5.41) is 11.6. The van der Waals surface area contributed by atoms with Crippen LogP contribution in [0.15, 0.2) is 24.3 Å². The van der Waals surface area contributed by atoms with Crippen molar-refractivity contribution in [2.24, 2.45) is 11.8 Å². The van der Waals surface area contributed by atoms with Gasteiger partial charge in [0.25, 0.3) is 5.69 Å². The fourth-order valence-corrected chi connectivity index (χ4v) is 7.58. The molecule has 6 nitrogen and oxygen atoms in total. The van der Waals surface area contributed by atoms with Crippen molar-refractivity contribution in [2.45, 2.75) is 102 Å². The highest BCUT2D eigenvalue weighted by molar-refractivity contribution is 5.94. The lowest BCUT2D eigenvalue weighted by Crippen LogP contribution is -2.61. The molecule has 4 fully saturated rings. The SMILES string of the molecule is CC(=O)N(c1ccccc1[N+](=O)[O-])C1CC2CCCC(C1)N2C1CC2CCCC(C2)C1. The first kappa shape index (κ1) is 20.9. The Kier molecular flexibility index (Phi) is 5.76. The van der Waals surface area contributed by atoms with E-state index >= 15 is 0 Å². The minimum absolute atomic E-state index is 0.0328. The molecule has 2 saturated carbocycles. The molecule has 4 aliphatic rings. The van der Waals surface area contributed by atoms with Crippen molar-refractivity contribution in [1.29, 1.82) is 0 Å². The van der Waals surface area contributed by atoms with Crippen molar-refractivity contribution in [3.05, 3.63) is 34.4 Å². The number of carbonyl (C=O) groups is 1. The van der Waals surface area contributed by atoms with Crippen molar-refractivity contribution in [3.63, 3.8) is 0 Å². The summed E-state index contributed by atoms with van der Waals surface area (Å²) in [5.41, 5.74) is 0.495. The molecule has 5 rings (SSSR count). The molecule has 31 heavy (non-hydrogen) atoms. The number of nitrogens with zero attached hydrogens (tertiary/aromatic N) is 3. The summed E-state index contributed by atoms with van der Waals surface area (Å²) in [4.78, 5) is 28.6. The zero-order valence-corrected chi connectivity index (χ0v) is 18.6. The Labute approximate surface area is 185 Å². The number of rotatable bonds is 4. The second kappa shape index (κ2) is 8.53. The van der Waals surface area contributed by atoms with Gasteiger partial charge in [0.2, 0.25) is 5.91 Å². The minimum Gasteiger partial charge on any atom is -0.303 e. The molecule has 6 heteroatoms. The van der Waals surface area contributed by atoms with Crippen molar-refractivity contribution in [1.82, 2.24) is 4.90 Å². The molecule has 4 bridgehead atoms. The van der Waals surface area contributed by atoms with E-state index in [9.17, 15) is 14.9 Å². The largest absolute Gasteiger partial charge is 0.303 e. The Morgan fingerprint density at radius 3 is 2.16 bits per heavy atom. The van der Waals surface area contributed by atoms with Gasteiger partial charge in [0, 0.05) is 37.2 Å². The molecule has 0 radical (unpaired) electrons. The fourth-order valence-electron chi connectivity index (χ4n) is 7.58. The molecule has 0 aromatic heterocycles. The number of hydrogen-bond acceptors (Lipinski definition) is 4. The van der Waals surface area contributed by atoms with Gasteiger partial charge in [0.15, 0.2) is 0 Å². The Bertz CT molecular complexity index is 817. The van der Waals surface area contributed by atoms with E-state index in [-0.39, 0.29) is 22.6 Å². The van der Waals surface area contributed by atoms with Crippen LogP contribution in [0.2, 0.25) is 0 Å². The van der Waals surface area contributed by atoms with E-state index in [0.29, 0.717) is 23.8 Å². The predicted molar refractivity (Wildman–Crippen MR) is 121 cm³/mol. The molecule has 2 saturated heterocycles. The van der Waals surface area contributed by atoms with Gasteiger partial charge in [-0.1, -0.05) is 37.8 Å². The molecule has 0 N–H and O–H groups in total. The Morgan fingerprint density at radius 1 is 0.935 bits per heavy atom. The number of carbonyl (C=O) groups excluding carboxylic acids is 1. The van der Waals surface area contributed by atoms with Crippen molar-refractivity contribution < 1.29 is 9.72 Å². The zero-order valence-electron chi connectivity index (χ0n) is 18.6. The summed E-state index contributed by atoms with van der Waals surface area (Å²) in [7, 11) is 0. The third kappa shape index (κ3) is 3.99. The standard InChI is InChI=1S/C25H35N3O3/c1-17(29)26(24-10-2-3-11-25(24)28(30)31)23-15-20-8-5-9-21(16-23)27(20)22-13-18-6-4-7-19(12-18)14-22/h2-3,10-11,18-23H,4-9,12-16H2,1H3. The van der Waals surface area contributed by atoms with Crippen LogP contribution in [0.5, 0.6) is 0 Å². The van der Waals surface area contributed by atoms with Gasteiger partial charge < -0.3 is 4.90 Å². The van der Waals surface area contributed by atoms with Gasteiger partial charge in [-0.2, -0.15) is 0 Å². The molecule has 2 aliphatic heterocycles. The average molecular weight is 426 g/mol. The Balaban J connectivity index is 1.39. The maximum atomic E-state index is 12.7. The summed E-state index contributed by atoms with van der Waals surface area (Å²) >= 11 is 0. The second-order valence-electron chi connectivity index (χ2n) is 10.5. The number of hydrogen-bond donors (Lipinski definition) is 0. The van der Waals surface area contributed by atoms with Gasteiger partial charge in [0.05, 0.1) is 4.92 Å². The number of benzene rings is 1. The number of nitro benzene ring substituents is 1. The highest BCUT2D eigenvalue weighted by atomic mass is 16.6. The topological polar surface area (TPSA) is 66.7 Å². The van der Waals surface area contributed by atoms with Crippen LogP contribution in [0.1, 0.15) is 77.6 Å². The third-order valence-corrected chi connectivity index (χ3v) is 8.57. The van der Waals surface area contributed by atoms with Crippen LogP contribution in [0.25, 0.3) is 0 Å².